The summed E-state index contributed by atoms with van der Waals surface area (Å²) in [7, 11) is -2.88. The van der Waals surface area contributed by atoms with Gasteiger partial charge in [-0.3, -0.25) is 0 Å². The van der Waals surface area contributed by atoms with E-state index in [2.05, 4.69) is 156 Å². The molecule has 0 amide bonds. The fourth-order valence-corrected chi connectivity index (χ4v) is 7.37. The third-order valence-electron chi connectivity index (χ3n) is 11.0. The second-order valence-electron chi connectivity index (χ2n) is 17.3. The monoisotopic (exact) mass is 533 g/mol. The molecule has 0 radical (unpaired) electrons. The molecule has 0 saturated heterocycles. The molecule has 0 N–H and O–H groups in total. The zero-order chi connectivity index (χ0) is 28.2. The average molecular weight is 533 g/mol. The van der Waals surface area contributed by atoms with Crippen LogP contribution in [-0.2, 0) is 0 Å². The van der Waals surface area contributed by atoms with E-state index < -0.39 is 24.2 Å². The van der Waals surface area contributed by atoms with Gasteiger partial charge in [-0.2, -0.15) is 0 Å². The van der Waals surface area contributed by atoms with Crippen LogP contribution in [0.5, 0.6) is 0 Å². The van der Waals surface area contributed by atoms with E-state index in [4.69, 9.17) is 0 Å². The van der Waals surface area contributed by atoms with Gasteiger partial charge >= 0.3 is 0 Å². The van der Waals surface area contributed by atoms with Crippen molar-refractivity contribution in [3.63, 3.8) is 0 Å². The first kappa shape index (κ1) is 41.8. The Balaban J connectivity index is -0.000000205. The van der Waals surface area contributed by atoms with Crippen molar-refractivity contribution >= 4 is 24.2 Å². The Bertz CT molecular complexity index is 537. The van der Waals surface area contributed by atoms with Crippen LogP contribution in [0.3, 0.4) is 0 Å². The highest BCUT2D eigenvalue weighted by Crippen LogP contribution is 2.55. The van der Waals surface area contributed by atoms with E-state index in [9.17, 15) is 0 Å². The van der Waals surface area contributed by atoms with Crippen molar-refractivity contribution in [2.75, 3.05) is 0 Å². The quantitative estimate of drug-likeness (QED) is 0.298. The van der Waals surface area contributed by atoms with Crippen LogP contribution in [0.1, 0.15) is 104 Å². The molecule has 1 unspecified atom stereocenters. The topological polar surface area (TPSA) is 0 Å². The van der Waals surface area contributed by atoms with Gasteiger partial charge in [-0.05, 0) is 32.7 Å². The average Bonchev–Trinajstić information content (AvgIpc) is 2.50. The van der Waals surface area contributed by atoms with Crippen molar-refractivity contribution in [1.82, 2.24) is 0 Å². The lowest BCUT2D eigenvalue weighted by atomic mass is 9.71. The van der Waals surface area contributed by atoms with Crippen LogP contribution in [0.15, 0.2) is 0 Å². The first-order valence-corrected chi connectivity index (χ1v) is 24.4. The maximum Gasteiger partial charge on any atom is 0.0505 e. The largest absolute Gasteiger partial charge is 0.0776 e. The van der Waals surface area contributed by atoms with Gasteiger partial charge in [0.25, 0.3) is 0 Å². The lowest BCUT2D eigenvalue weighted by Crippen LogP contribution is -2.47. The summed E-state index contributed by atoms with van der Waals surface area (Å²) >= 11 is 0. The molecule has 0 nitrogen and oxygen atoms in total. The van der Waals surface area contributed by atoms with Gasteiger partial charge in [0.2, 0.25) is 0 Å². The Hall–Kier alpha value is 0.651. The van der Waals surface area contributed by atoms with Crippen molar-refractivity contribution in [2.45, 2.75) is 179 Å². The fraction of sp³-hybridized carbons (Fsp3) is 1.00. The van der Waals surface area contributed by atoms with Crippen molar-refractivity contribution in [2.24, 2.45) is 22.7 Å². The Morgan fingerprint density at radius 1 is 0.500 bits per heavy atom. The van der Waals surface area contributed by atoms with Crippen LogP contribution in [0.4, 0.5) is 0 Å². The second-order valence-corrected chi connectivity index (χ2v) is 34.8. The predicted octanol–water partition coefficient (Wildman–Crippen LogP) is 12.9. The molecule has 34 heavy (non-hydrogen) atoms. The molecule has 1 atom stereocenters. The molecule has 0 aliphatic carbocycles. The summed E-state index contributed by atoms with van der Waals surface area (Å²) in [5.41, 5.74) is 1.81. The van der Waals surface area contributed by atoms with E-state index in [1.165, 1.54) is 0 Å². The molecule has 0 heterocycles. The van der Waals surface area contributed by atoms with E-state index in [0.717, 1.165) is 17.4 Å². The van der Waals surface area contributed by atoms with Gasteiger partial charge in [0.05, 0.1) is 16.1 Å². The van der Waals surface area contributed by atoms with Gasteiger partial charge in [0, 0.05) is 8.07 Å². The molecule has 0 aromatic carbocycles. The molecule has 0 aliphatic rings. The molecular weight excluding hydrogens is 457 g/mol. The van der Waals surface area contributed by atoms with Crippen LogP contribution < -0.4 is 0 Å². The van der Waals surface area contributed by atoms with E-state index in [1.807, 2.05) is 0 Å². The number of hydrogen-bond donors (Lipinski definition) is 0. The lowest BCUT2D eigenvalue weighted by Gasteiger charge is -2.52. The highest BCUT2D eigenvalue weighted by Gasteiger charge is 2.47. The Morgan fingerprint density at radius 3 is 0.824 bits per heavy atom. The molecule has 0 aromatic heterocycles. The highest BCUT2D eigenvalue weighted by atomic mass is 28.3. The van der Waals surface area contributed by atoms with Gasteiger partial charge in [-0.15, -0.1) is 0 Å². The molecule has 0 aliphatic heterocycles. The summed E-state index contributed by atoms with van der Waals surface area (Å²) in [5, 5.41) is 1.01. The molecule has 0 aromatic rings. The molecule has 0 saturated carbocycles. The minimum atomic E-state index is -1.08. The zero-order valence-corrected chi connectivity index (χ0v) is 31.2. The molecule has 0 rings (SSSR count). The maximum atomic E-state index is 2.48. The number of rotatable bonds is 6. The summed E-state index contributed by atoms with van der Waals surface area (Å²) in [6.07, 6.45) is 0. The van der Waals surface area contributed by atoms with Gasteiger partial charge < -0.3 is 0 Å². The molecule has 212 valence electrons. The van der Waals surface area contributed by atoms with Gasteiger partial charge in [-0.25, -0.2) is 0 Å². The summed E-state index contributed by atoms with van der Waals surface area (Å²) < 4.78 is 0. The molecule has 3 heteroatoms. The van der Waals surface area contributed by atoms with Gasteiger partial charge in [0.15, 0.2) is 0 Å². The smallest absolute Gasteiger partial charge is 0.0505 e. The summed E-state index contributed by atoms with van der Waals surface area (Å²) in [6.45, 7) is 55.6. The maximum absolute atomic E-state index is 2.48. The fourth-order valence-electron chi connectivity index (χ4n) is 3.42. The summed E-state index contributed by atoms with van der Waals surface area (Å²) in [5.74, 6) is 1.54. The van der Waals surface area contributed by atoms with Crippen molar-refractivity contribution in [3.05, 3.63) is 0 Å². The second kappa shape index (κ2) is 13.4. The third-order valence-corrected chi connectivity index (χ3v) is 23.1. The predicted molar refractivity (Wildman–Crippen MR) is 177 cm³/mol. The minimum Gasteiger partial charge on any atom is -0.0776 e. The number of hydrogen-bond acceptors (Lipinski definition) is 0. The van der Waals surface area contributed by atoms with Gasteiger partial charge in [-0.1, -0.05) is 169 Å². The zero-order valence-electron chi connectivity index (χ0n) is 28.2. The van der Waals surface area contributed by atoms with Crippen LogP contribution in [-0.4, -0.2) is 24.2 Å². The summed E-state index contributed by atoms with van der Waals surface area (Å²) in [6, 6.07) is 0. The Morgan fingerprint density at radius 2 is 0.765 bits per heavy atom. The standard InChI is InChI=1S/2C12H28Si.C6H16Si.CH4/c1-10(11(2,3)4)12(5,6)13(7,8)9;1-10(2)11(3,4)12(5,6)13(7,8)9;1-6(2)7(3,4)5;/h2*10H,1-9H3;6H,1-5H3;1H4. The first-order chi connectivity index (χ1) is 13.8. The summed E-state index contributed by atoms with van der Waals surface area (Å²) in [4.78, 5) is 0. The van der Waals surface area contributed by atoms with Crippen molar-refractivity contribution < 1.29 is 0 Å². The van der Waals surface area contributed by atoms with Crippen LogP contribution in [0, 0.1) is 22.7 Å². The molecule has 0 fully saturated rings. The van der Waals surface area contributed by atoms with Crippen molar-refractivity contribution in [3.8, 4) is 0 Å². The Labute approximate surface area is 225 Å². The normalized spacial score (nSPS) is 15.1. The van der Waals surface area contributed by atoms with E-state index in [1.54, 1.807) is 0 Å². The first-order valence-electron chi connectivity index (χ1n) is 13.8. The minimum absolute atomic E-state index is 0. The highest BCUT2D eigenvalue weighted by molar-refractivity contribution is 6.79. The molecule has 0 bridgehead atoms. The van der Waals surface area contributed by atoms with E-state index in [-0.39, 0.29) is 7.43 Å². The van der Waals surface area contributed by atoms with Crippen LogP contribution >= 0.6 is 0 Å². The van der Waals surface area contributed by atoms with Crippen LogP contribution in [0.2, 0.25) is 74.5 Å². The Kier molecular flexibility index (Phi) is 16.5. The van der Waals surface area contributed by atoms with Gasteiger partial charge in [0.1, 0.15) is 0 Å². The molecular formula is C31H76Si3. The van der Waals surface area contributed by atoms with Crippen molar-refractivity contribution in [1.29, 1.82) is 0 Å². The lowest BCUT2D eigenvalue weighted by molar-refractivity contribution is 0.171. The third kappa shape index (κ3) is 12.3. The van der Waals surface area contributed by atoms with E-state index >= 15 is 0 Å². The van der Waals surface area contributed by atoms with Crippen LogP contribution in [0.25, 0.3) is 0 Å². The SMILES string of the molecule is C.CC(C(C)(C)C)C(C)(C)[Si](C)(C)C.CC(C)C(C)(C)C(C)(C)[Si](C)(C)C.CC(C)[Si](C)(C)C. The van der Waals surface area contributed by atoms with E-state index in [0.29, 0.717) is 20.9 Å². The molecule has 0 spiro atoms.